The van der Waals surface area contributed by atoms with Gasteiger partial charge in [-0.3, -0.25) is 19.7 Å². The summed E-state index contributed by atoms with van der Waals surface area (Å²) in [5.74, 6) is -1.36. The van der Waals surface area contributed by atoms with Crippen molar-refractivity contribution in [1.82, 2.24) is 4.90 Å². The van der Waals surface area contributed by atoms with Crippen LogP contribution in [-0.2, 0) is 4.79 Å². The van der Waals surface area contributed by atoms with Crippen LogP contribution in [0.3, 0.4) is 0 Å². The fourth-order valence-electron chi connectivity index (χ4n) is 2.00. The third kappa shape index (κ3) is 3.78. The zero-order valence-corrected chi connectivity index (χ0v) is 12.6. The van der Waals surface area contributed by atoms with Crippen molar-refractivity contribution >= 4 is 33.5 Å². The molecule has 0 unspecified atom stereocenters. The third-order valence-corrected chi connectivity index (χ3v) is 3.90. The van der Waals surface area contributed by atoms with Crippen LogP contribution in [0, 0.1) is 10.1 Å². The van der Waals surface area contributed by atoms with Gasteiger partial charge in [0.25, 0.3) is 11.6 Å². The van der Waals surface area contributed by atoms with Crippen molar-refractivity contribution in [3.05, 3.63) is 38.3 Å². The van der Waals surface area contributed by atoms with Crippen molar-refractivity contribution in [1.29, 1.82) is 0 Å². The second kappa shape index (κ2) is 6.21. The van der Waals surface area contributed by atoms with Gasteiger partial charge in [0.1, 0.15) is 0 Å². The van der Waals surface area contributed by atoms with Gasteiger partial charge in [-0.2, -0.15) is 0 Å². The van der Waals surface area contributed by atoms with Gasteiger partial charge >= 0.3 is 5.97 Å². The van der Waals surface area contributed by atoms with E-state index in [9.17, 15) is 19.7 Å². The number of hydrogen-bond acceptors (Lipinski definition) is 4. The summed E-state index contributed by atoms with van der Waals surface area (Å²) in [7, 11) is 0. The lowest BCUT2D eigenvalue weighted by atomic mass is 10.1. The normalized spacial score (nSPS) is 13.8. The van der Waals surface area contributed by atoms with Gasteiger partial charge in [0.2, 0.25) is 0 Å². The average Bonchev–Trinajstić information content (AvgIpc) is 3.23. The van der Waals surface area contributed by atoms with Crippen LogP contribution in [0.25, 0.3) is 0 Å². The van der Waals surface area contributed by atoms with E-state index < -0.39 is 10.9 Å². The van der Waals surface area contributed by atoms with Crippen molar-refractivity contribution in [3.8, 4) is 0 Å². The molecule has 0 atom stereocenters. The van der Waals surface area contributed by atoms with Crippen molar-refractivity contribution in [3.63, 3.8) is 0 Å². The molecule has 0 spiro atoms. The zero-order chi connectivity index (χ0) is 15.6. The van der Waals surface area contributed by atoms with Crippen LogP contribution < -0.4 is 0 Å². The van der Waals surface area contributed by atoms with Crippen molar-refractivity contribution in [2.75, 3.05) is 6.54 Å². The van der Waals surface area contributed by atoms with Crippen LogP contribution in [0.15, 0.2) is 22.7 Å². The SMILES string of the molecule is O=C(O)CCN(C(=O)c1cc([N+](=O)[O-])ccc1Br)C1CC1. The summed E-state index contributed by atoms with van der Waals surface area (Å²) in [5, 5.41) is 19.6. The van der Waals surface area contributed by atoms with E-state index in [4.69, 9.17) is 5.11 Å². The lowest BCUT2D eigenvalue weighted by Crippen LogP contribution is -2.35. The molecule has 21 heavy (non-hydrogen) atoms. The maximum Gasteiger partial charge on any atom is 0.305 e. The minimum Gasteiger partial charge on any atom is -0.481 e. The lowest BCUT2D eigenvalue weighted by Gasteiger charge is -2.22. The number of nitrogens with zero attached hydrogens (tertiary/aromatic N) is 2. The Labute approximate surface area is 128 Å². The van der Waals surface area contributed by atoms with Gasteiger partial charge in [0.05, 0.1) is 16.9 Å². The Balaban J connectivity index is 2.25. The van der Waals surface area contributed by atoms with E-state index >= 15 is 0 Å². The highest BCUT2D eigenvalue weighted by molar-refractivity contribution is 9.10. The number of carbonyl (C=O) groups excluding carboxylic acids is 1. The summed E-state index contributed by atoms with van der Waals surface area (Å²) in [6.45, 7) is 0.105. The van der Waals surface area contributed by atoms with Crippen LogP contribution in [0.2, 0.25) is 0 Å². The van der Waals surface area contributed by atoms with E-state index in [0.29, 0.717) is 4.47 Å². The molecule has 0 aliphatic heterocycles. The molecule has 112 valence electrons. The van der Waals surface area contributed by atoms with Crippen LogP contribution in [0.5, 0.6) is 0 Å². The third-order valence-electron chi connectivity index (χ3n) is 3.21. The first-order valence-corrected chi connectivity index (χ1v) is 7.16. The summed E-state index contributed by atoms with van der Waals surface area (Å²) >= 11 is 3.21. The van der Waals surface area contributed by atoms with Crippen LogP contribution in [0.4, 0.5) is 5.69 Å². The quantitative estimate of drug-likeness (QED) is 0.623. The molecule has 1 aromatic carbocycles. The number of amides is 1. The molecule has 1 fully saturated rings. The van der Waals surface area contributed by atoms with E-state index in [1.165, 1.54) is 23.1 Å². The zero-order valence-electron chi connectivity index (χ0n) is 11.0. The smallest absolute Gasteiger partial charge is 0.305 e. The van der Waals surface area contributed by atoms with Gasteiger partial charge in [0, 0.05) is 29.2 Å². The van der Waals surface area contributed by atoms with Gasteiger partial charge in [-0.25, -0.2) is 0 Å². The molecule has 1 amide bonds. The molecule has 0 heterocycles. The Morgan fingerprint density at radius 3 is 2.62 bits per heavy atom. The number of carboxylic acid groups (broad SMARTS) is 1. The molecule has 0 radical (unpaired) electrons. The first-order valence-electron chi connectivity index (χ1n) is 6.37. The Morgan fingerprint density at radius 2 is 2.10 bits per heavy atom. The van der Waals surface area contributed by atoms with Crippen LogP contribution in [-0.4, -0.2) is 39.4 Å². The number of nitro groups is 1. The average molecular weight is 357 g/mol. The minimum absolute atomic E-state index is 0.0306. The Morgan fingerprint density at radius 1 is 1.43 bits per heavy atom. The number of halogens is 1. The minimum atomic E-state index is -0.980. The Hall–Kier alpha value is -1.96. The van der Waals surface area contributed by atoms with Crippen LogP contribution >= 0.6 is 15.9 Å². The molecule has 1 N–H and O–H groups in total. The maximum absolute atomic E-state index is 12.5. The second-order valence-corrected chi connectivity index (χ2v) is 5.65. The molecule has 0 bridgehead atoms. The summed E-state index contributed by atoms with van der Waals surface area (Å²) in [5.41, 5.74) is 0.0111. The summed E-state index contributed by atoms with van der Waals surface area (Å²) in [6, 6.07) is 4.00. The number of nitro benzene ring substituents is 1. The molecular formula is C13H13BrN2O5. The van der Waals surface area contributed by atoms with Gasteiger partial charge in [0.15, 0.2) is 0 Å². The highest BCUT2D eigenvalue weighted by Gasteiger charge is 2.34. The number of benzene rings is 1. The first kappa shape index (κ1) is 15.4. The largest absolute Gasteiger partial charge is 0.481 e. The molecule has 1 aromatic rings. The Kier molecular flexibility index (Phi) is 4.56. The monoisotopic (exact) mass is 356 g/mol. The first-order chi connectivity index (χ1) is 9.90. The number of aliphatic carboxylic acids is 1. The number of carbonyl (C=O) groups is 2. The molecule has 1 saturated carbocycles. The van der Waals surface area contributed by atoms with E-state index in [-0.39, 0.29) is 36.2 Å². The predicted molar refractivity (Wildman–Crippen MR) is 77.1 cm³/mol. The highest BCUT2D eigenvalue weighted by atomic mass is 79.9. The van der Waals surface area contributed by atoms with Crippen molar-refractivity contribution in [2.45, 2.75) is 25.3 Å². The van der Waals surface area contributed by atoms with E-state index in [1.54, 1.807) is 0 Å². The van der Waals surface area contributed by atoms with Gasteiger partial charge in [-0.1, -0.05) is 0 Å². The summed E-state index contributed by atoms with van der Waals surface area (Å²) < 4.78 is 0.457. The molecule has 8 heteroatoms. The number of non-ortho nitro benzene ring substituents is 1. The molecule has 2 rings (SSSR count). The molecule has 1 aliphatic rings. The fourth-order valence-corrected chi connectivity index (χ4v) is 2.41. The van der Waals surface area contributed by atoms with E-state index in [0.717, 1.165) is 12.8 Å². The second-order valence-electron chi connectivity index (χ2n) is 4.79. The van der Waals surface area contributed by atoms with Crippen molar-refractivity contribution in [2.24, 2.45) is 0 Å². The maximum atomic E-state index is 12.5. The summed E-state index contributed by atoms with van der Waals surface area (Å²) in [4.78, 5) is 34.9. The summed E-state index contributed by atoms with van der Waals surface area (Å²) in [6.07, 6.45) is 1.52. The molecule has 0 aromatic heterocycles. The number of rotatable bonds is 6. The molecule has 0 saturated heterocycles. The van der Waals surface area contributed by atoms with Gasteiger partial charge in [-0.15, -0.1) is 0 Å². The fraction of sp³-hybridized carbons (Fsp3) is 0.385. The van der Waals surface area contributed by atoms with Crippen molar-refractivity contribution < 1.29 is 19.6 Å². The lowest BCUT2D eigenvalue weighted by molar-refractivity contribution is -0.384. The van der Waals surface area contributed by atoms with Crippen LogP contribution in [0.1, 0.15) is 29.6 Å². The topological polar surface area (TPSA) is 101 Å². The standard InChI is InChI=1S/C13H13BrN2O5/c14-11-4-3-9(16(20)21)7-10(11)13(19)15(8-1-2-8)6-5-12(17)18/h3-4,7-8H,1-2,5-6H2,(H,17,18). The molecular weight excluding hydrogens is 344 g/mol. The van der Waals surface area contributed by atoms with Gasteiger partial charge < -0.3 is 10.0 Å². The Bertz CT molecular complexity index is 600. The molecule has 7 nitrogen and oxygen atoms in total. The number of hydrogen-bond donors (Lipinski definition) is 1. The van der Waals surface area contributed by atoms with E-state index in [2.05, 4.69) is 15.9 Å². The van der Waals surface area contributed by atoms with E-state index in [1.807, 2.05) is 0 Å². The molecule has 1 aliphatic carbocycles. The highest BCUT2D eigenvalue weighted by Crippen LogP contribution is 2.31. The number of carboxylic acids is 1. The predicted octanol–water partition coefficient (Wildman–Crippen LogP) is 2.44. The van der Waals surface area contributed by atoms with Gasteiger partial charge in [-0.05, 0) is 34.8 Å².